The maximum absolute atomic E-state index is 4.14. The number of aromatic nitrogens is 2. The first-order valence-corrected chi connectivity index (χ1v) is 4.73. The minimum atomic E-state index is 0.463. The number of rotatable bonds is 2. The molecule has 1 aromatic heterocycles. The summed E-state index contributed by atoms with van der Waals surface area (Å²) in [4.78, 5) is 8.15. The quantitative estimate of drug-likeness (QED) is 0.762. The van der Waals surface area contributed by atoms with Crippen LogP contribution in [0.5, 0.6) is 0 Å². The molecular weight excluding hydrogens is 162 g/mol. The van der Waals surface area contributed by atoms with Gasteiger partial charge in [0.15, 0.2) is 0 Å². The summed E-state index contributed by atoms with van der Waals surface area (Å²) >= 11 is 0. The van der Waals surface area contributed by atoms with E-state index in [0.717, 1.165) is 11.5 Å². The molecular formula is C10H19N3. The molecule has 0 aliphatic carbocycles. The van der Waals surface area contributed by atoms with Crippen molar-refractivity contribution in [2.24, 2.45) is 0 Å². The van der Waals surface area contributed by atoms with Gasteiger partial charge in [-0.05, 0) is 5.92 Å². The summed E-state index contributed by atoms with van der Waals surface area (Å²) in [5.74, 6) is 1.34. The zero-order valence-electron chi connectivity index (χ0n) is 9.13. The van der Waals surface area contributed by atoms with Crippen LogP contribution in [0.15, 0.2) is 12.4 Å². The third kappa shape index (κ3) is 3.87. The summed E-state index contributed by atoms with van der Waals surface area (Å²) in [6, 6.07) is 1.96. The maximum atomic E-state index is 4.14. The first-order chi connectivity index (χ1) is 6.24. The Kier molecular flexibility index (Phi) is 5.85. The van der Waals surface area contributed by atoms with E-state index in [-0.39, 0.29) is 0 Å². The third-order valence-electron chi connectivity index (χ3n) is 1.54. The van der Waals surface area contributed by atoms with Crippen LogP contribution in [0.2, 0.25) is 0 Å². The zero-order valence-corrected chi connectivity index (χ0v) is 9.13. The van der Waals surface area contributed by atoms with E-state index < -0.39 is 0 Å². The van der Waals surface area contributed by atoms with E-state index >= 15 is 0 Å². The summed E-state index contributed by atoms with van der Waals surface area (Å²) in [5.41, 5.74) is 1.07. The second-order valence-electron chi connectivity index (χ2n) is 2.73. The van der Waals surface area contributed by atoms with Gasteiger partial charge in [0.05, 0.1) is 0 Å². The molecule has 3 nitrogen and oxygen atoms in total. The molecule has 3 heteroatoms. The Morgan fingerprint density at radius 3 is 2.31 bits per heavy atom. The fourth-order valence-electron chi connectivity index (χ4n) is 0.825. The van der Waals surface area contributed by atoms with Crippen LogP contribution in [-0.4, -0.2) is 17.0 Å². The molecule has 0 unspecified atom stereocenters. The van der Waals surface area contributed by atoms with Gasteiger partial charge >= 0.3 is 0 Å². The number of hydrogen-bond donors (Lipinski definition) is 1. The topological polar surface area (TPSA) is 37.8 Å². The molecule has 0 spiro atoms. The van der Waals surface area contributed by atoms with Crippen molar-refractivity contribution < 1.29 is 0 Å². The standard InChI is InChI=1S/C8H13N3.C2H6/c1-6(2)7-4-8(9-3)11-5-10-7;1-2/h4-6H,1-3H3,(H,9,10,11);1-2H3. The third-order valence-corrected chi connectivity index (χ3v) is 1.54. The monoisotopic (exact) mass is 181 g/mol. The van der Waals surface area contributed by atoms with Crippen LogP contribution in [-0.2, 0) is 0 Å². The highest BCUT2D eigenvalue weighted by Gasteiger charge is 2.00. The summed E-state index contributed by atoms with van der Waals surface area (Å²) in [6.07, 6.45) is 1.58. The van der Waals surface area contributed by atoms with Crippen molar-refractivity contribution in [1.82, 2.24) is 9.97 Å². The Morgan fingerprint density at radius 2 is 1.85 bits per heavy atom. The van der Waals surface area contributed by atoms with Crippen LogP contribution >= 0.6 is 0 Å². The van der Waals surface area contributed by atoms with Gasteiger partial charge in [-0.3, -0.25) is 0 Å². The van der Waals surface area contributed by atoms with Gasteiger partial charge < -0.3 is 5.32 Å². The smallest absolute Gasteiger partial charge is 0.129 e. The van der Waals surface area contributed by atoms with Crippen molar-refractivity contribution in [2.45, 2.75) is 33.6 Å². The van der Waals surface area contributed by atoms with E-state index in [1.165, 1.54) is 0 Å². The van der Waals surface area contributed by atoms with Crippen molar-refractivity contribution in [1.29, 1.82) is 0 Å². The Hall–Kier alpha value is -1.12. The van der Waals surface area contributed by atoms with Crippen LogP contribution in [0, 0.1) is 0 Å². The fraction of sp³-hybridized carbons (Fsp3) is 0.600. The van der Waals surface area contributed by atoms with Crippen molar-refractivity contribution in [3.05, 3.63) is 18.1 Å². The fourth-order valence-corrected chi connectivity index (χ4v) is 0.825. The molecule has 0 bridgehead atoms. The molecule has 0 saturated carbocycles. The van der Waals surface area contributed by atoms with Gasteiger partial charge in [-0.25, -0.2) is 9.97 Å². The highest BCUT2D eigenvalue weighted by molar-refractivity contribution is 5.34. The predicted molar refractivity (Wildman–Crippen MR) is 57.0 cm³/mol. The largest absolute Gasteiger partial charge is 0.373 e. The Balaban J connectivity index is 0.000000671. The van der Waals surface area contributed by atoms with Gasteiger partial charge in [-0.1, -0.05) is 27.7 Å². The molecule has 0 aromatic carbocycles. The summed E-state index contributed by atoms with van der Waals surface area (Å²) < 4.78 is 0. The average Bonchev–Trinajstić information content (AvgIpc) is 2.21. The molecule has 0 aliphatic rings. The van der Waals surface area contributed by atoms with E-state index in [1.807, 2.05) is 27.0 Å². The van der Waals surface area contributed by atoms with Gasteiger partial charge in [0, 0.05) is 18.8 Å². The molecule has 0 radical (unpaired) electrons. The lowest BCUT2D eigenvalue weighted by Gasteiger charge is -2.04. The van der Waals surface area contributed by atoms with E-state index in [0.29, 0.717) is 5.92 Å². The van der Waals surface area contributed by atoms with Crippen LogP contribution in [0.4, 0.5) is 5.82 Å². The number of anilines is 1. The minimum absolute atomic E-state index is 0.463. The molecule has 13 heavy (non-hydrogen) atoms. The summed E-state index contributed by atoms with van der Waals surface area (Å²) in [6.45, 7) is 8.23. The number of nitrogens with zero attached hydrogens (tertiary/aromatic N) is 2. The second kappa shape index (κ2) is 6.40. The number of nitrogens with one attached hydrogen (secondary N) is 1. The molecule has 1 N–H and O–H groups in total. The van der Waals surface area contributed by atoms with Gasteiger partial charge in [-0.2, -0.15) is 0 Å². The maximum Gasteiger partial charge on any atom is 0.129 e. The van der Waals surface area contributed by atoms with Gasteiger partial charge in [0.2, 0.25) is 0 Å². The molecule has 1 rings (SSSR count). The molecule has 0 fully saturated rings. The van der Waals surface area contributed by atoms with Crippen LogP contribution in [0.3, 0.4) is 0 Å². The minimum Gasteiger partial charge on any atom is -0.373 e. The lowest BCUT2D eigenvalue weighted by molar-refractivity contribution is 0.815. The van der Waals surface area contributed by atoms with E-state index in [9.17, 15) is 0 Å². The molecule has 0 amide bonds. The second-order valence-corrected chi connectivity index (χ2v) is 2.73. The highest BCUT2D eigenvalue weighted by atomic mass is 15.0. The molecule has 1 aromatic rings. The van der Waals surface area contributed by atoms with Gasteiger partial charge in [-0.15, -0.1) is 0 Å². The van der Waals surface area contributed by atoms with Crippen LogP contribution in [0.1, 0.15) is 39.3 Å². The Morgan fingerprint density at radius 1 is 1.23 bits per heavy atom. The molecule has 1 heterocycles. The van der Waals surface area contributed by atoms with Gasteiger partial charge in [0.1, 0.15) is 12.1 Å². The average molecular weight is 181 g/mol. The lowest BCUT2D eigenvalue weighted by atomic mass is 10.1. The summed E-state index contributed by atoms with van der Waals surface area (Å²) in [7, 11) is 1.85. The van der Waals surface area contributed by atoms with E-state index in [4.69, 9.17) is 0 Å². The molecule has 0 atom stereocenters. The van der Waals surface area contributed by atoms with Crippen molar-refractivity contribution >= 4 is 5.82 Å². The first-order valence-electron chi connectivity index (χ1n) is 4.73. The van der Waals surface area contributed by atoms with E-state index in [2.05, 4.69) is 29.1 Å². The van der Waals surface area contributed by atoms with Crippen molar-refractivity contribution in [3.8, 4) is 0 Å². The van der Waals surface area contributed by atoms with Crippen molar-refractivity contribution in [3.63, 3.8) is 0 Å². The lowest BCUT2D eigenvalue weighted by Crippen LogP contribution is -1.97. The highest BCUT2D eigenvalue weighted by Crippen LogP contribution is 2.12. The van der Waals surface area contributed by atoms with Crippen molar-refractivity contribution in [2.75, 3.05) is 12.4 Å². The van der Waals surface area contributed by atoms with Gasteiger partial charge in [0.25, 0.3) is 0 Å². The Labute approximate surface area is 80.6 Å². The first kappa shape index (κ1) is 11.9. The molecule has 0 aliphatic heterocycles. The normalized spacial score (nSPS) is 9.08. The number of hydrogen-bond acceptors (Lipinski definition) is 3. The SMILES string of the molecule is CC.CNc1cc(C(C)C)ncn1. The summed E-state index contributed by atoms with van der Waals surface area (Å²) in [5, 5.41) is 2.97. The van der Waals surface area contributed by atoms with Crippen LogP contribution in [0.25, 0.3) is 0 Å². The van der Waals surface area contributed by atoms with Crippen LogP contribution < -0.4 is 5.32 Å². The van der Waals surface area contributed by atoms with E-state index in [1.54, 1.807) is 6.33 Å². The predicted octanol–water partition coefficient (Wildman–Crippen LogP) is 2.67. The molecule has 74 valence electrons. The Bertz CT molecular complexity index is 233. The zero-order chi connectivity index (χ0) is 10.3. The molecule has 0 saturated heterocycles.